The number of hydrogen-bond donors (Lipinski definition) is 1. The van der Waals surface area contributed by atoms with E-state index < -0.39 is 0 Å². The molecule has 1 atom stereocenters. The summed E-state index contributed by atoms with van der Waals surface area (Å²) in [5, 5.41) is 12.9. The van der Waals surface area contributed by atoms with Crippen LogP contribution in [0.2, 0.25) is 0 Å². The molecule has 2 aromatic heterocycles. The topological polar surface area (TPSA) is 72.0 Å². The number of thioether (sulfide) groups is 1. The average Bonchev–Trinajstić information content (AvgIpc) is 2.96. The molecule has 1 unspecified atom stereocenters. The summed E-state index contributed by atoms with van der Waals surface area (Å²) in [5.41, 5.74) is 0.918. The number of aryl methyl sites for hydroxylation is 1. The Kier molecular flexibility index (Phi) is 6.01. The van der Waals surface area contributed by atoms with E-state index in [1.54, 1.807) is 12.4 Å². The molecule has 0 aliphatic heterocycles. The highest BCUT2D eigenvalue weighted by atomic mass is 32.2. The average molecular weight is 293 g/mol. The lowest BCUT2D eigenvalue weighted by molar-refractivity contribution is 0.250. The van der Waals surface area contributed by atoms with Gasteiger partial charge in [0.05, 0.1) is 0 Å². The molecule has 1 N–H and O–H groups in total. The zero-order valence-electron chi connectivity index (χ0n) is 11.5. The zero-order chi connectivity index (χ0) is 14.2. The number of aromatic nitrogens is 3. The van der Waals surface area contributed by atoms with Crippen molar-refractivity contribution in [2.24, 2.45) is 5.92 Å². The van der Waals surface area contributed by atoms with Crippen molar-refractivity contribution in [2.45, 2.75) is 19.8 Å². The Morgan fingerprint density at radius 1 is 1.35 bits per heavy atom. The molecule has 0 amide bonds. The van der Waals surface area contributed by atoms with Gasteiger partial charge in [-0.3, -0.25) is 4.98 Å². The van der Waals surface area contributed by atoms with E-state index in [4.69, 9.17) is 9.63 Å². The van der Waals surface area contributed by atoms with Crippen molar-refractivity contribution >= 4 is 11.8 Å². The van der Waals surface area contributed by atoms with E-state index in [1.807, 2.05) is 30.8 Å². The number of nitrogens with zero attached hydrogens (tertiary/aromatic N) is 3. The molecular formula is C14H19N3O2S. The van der Waals surface area contributed by atoms with Crippen LogP contribution in [0.25, 0.3) is 11.4 Å². The second-order valence-corrected chi connectivity index (χ2v) is 5.86. The standard InChI is InChI=1S/C14H19N3O2S/c1-11(9-18)10-20-8-2-3-13-16-14(17-19-13)12-4-6-15-7-5-12/h4-7,11,18H,2-3,8-10H2,1H3. The van der Waals surface area contributed by atoms with Gasteiger partial charge in [0.2, 0.25) is 11.7 Å². The van der Waals surface area contributed by atoms with Crippen LogP contribution in [0.4, 0.5) is 0 Å². The van der Waals surface area contributed by atoms with Crippen molar-refractivity contribution in [3.63, 3.8) is 0 Å². The minimum atomic E-state index is 0.256. The zero-order valence-corrected chi connectivity index (χ0v) is 12.3. The van der Waals surface area contributed by atoms with Crippen LogP contribution in [0.15, 0.2) is 29.0 Å². The Bertz CT molecular complexity index is 504. The van der Waals surface area contributed by atoms with Gasteiger partial charge in [-0.15, -0.1) is 0 Å². The molecule has 2 heterocycles. The second-order valence-electron chi connectivity index (χ2n) is 4.71. The van der Waals surface area contributed by atoms with E-state index >= 15 is 0 Å². The third kappa shape index (κ3) is 4.61. The summed E-state index contributed by atoms with van der Waals surface area (Å²) in [6, 6.07) is 3.72. The minimum absolute atomic E-state index is 0.256. The van der Waals surface area contributed by atoms with Crippen LogP contribution in [0, 0.1) is 5.92 Å². The van der Waals surface area contributed by atoms with Gasteiger partial charge in [0, 0.05) is 31.0 Å². The maximum Gasteiger partial charge on any atom is 0.226 e. The van der Waals surface area contributed by atoms with E-state index in [-0.39, 0.29) is 6.61 Å². The Balaban J connectivity index is 1.74. The first-order valence-corrected chi connectivity index (χ1v) is 7.86. The monoisotopic (exact) mass is 293 g/mol. The number of rotatable bonds is 8. The predicted molar refractivity (Wildman–Crippen MR) is 79.4 cm³/mol. The molecule has 0 saturated heterocycles. The van der Waals surface area contributed by atoms with Gasteiger partial charge in [0.25, 0.3) is 0 Å². The molecule has 0 bridgehead atoms. The first-order valence-electron chi connectivity index (χ1n) is 6.71. The van der Waals surface area contributed by atoms with Gasteiger partial charge in [-0.1, -0.05) is 12.1 Å². The summed E-state index contributed by atoms with van der Waals surface area (Å²) in [6.07, 6.45) is 5.22. The van der Waals surface area contributed by atoms with Crippen molar-refractivity contribution in [3.8, 4) is 11.4 Å². The Morgan fingerprint density at radius 3 is 2.90 bits per heavy atom. The van der Waals surface area contributed by atoms with Gasteiger partial charge in [0.15, 0.2) is 0 Å². The summed E-state index contributed by atoms with van der Waals surface area (Å²) >= 11 is 1.85. The van der Waals surface area contributed by atoms with Gasteiger partial charge >= 0.3 is 0 Å². The third-order valence-corrected chi connectivity index (χ3v) is 4.18. The molecule has 108 valence electrons. The summed E-state index contributed by atoms with van der Waals surface area (Å²) in [7, 11) is 0. The van der Waals surface area contributed by atoms with E-state index in [0.717, 1.165) is 29.9 Å². The lowest BCUT2D eigenvalue weighted by atomic mass is 10.2. The molecule has 0 aromatic carbocycles. The molecule has 2 aromatic rings. The SMILES string of the molecule is CC(CO)CSCCCc1nc(-c2ccncc2)no1. The largest absolute Gasteiger partial charge is 0.396 e. The van der Waals surface area contributed by atoms with Gasteiger partial charge in [0.1, 0.15) is 0 Å². The molecule has 0 aliphatic rings. The molecule has 0 aliphatic carbocycles. The first-order chi connectivity index (χ1) is 9.79. The highest BCUT2D eigenvalue weighted by Crippen LogP contribution is 2.15. The molecule has 0 saturated carbocycles. The van der Waals surface area contributed by atoms with Crippen molar-refractivity contribution < 1.29 is 9.63 Å². The van der Waals surface area contributed by atoms with Crippen molar-refractivity contribution in [2.75, 3.05) is 18.1 Å². The number of pyridine rings is 1. The summed E-state index contributed by atoms with van der Waals surface area (Å²) in [6.45, 7) is 2.30. The molecule has 6 heteroatoms. The van der Waals surface area contributed by atoms with E-state index in [9.17, 15) is 0 Å². The predicted octanol–water partition coefficient (Wildman–Crippen LogP) is 2.43. The number of hydrogen-bond acceptors (Lipinski definition) is 6. The van der Waals surface area contributed by atoms with Crippen molar-refractivity contribution in [1.29, 1.82) is 0 Å². The lowest BCUT2D eigenvalue weighted by Gasteiger charge is -2.05. The Hall–Kier alpha value is -1.40. The second kappa shape index (κ2) is 8.01. The van der Waals surface area contributed by atoms with Gasteiger partial charge in [-0.05, 0) is 36.0 Å². The fraction of sp³-hybridized carbons (Fsp3) is 0.500. The summed E-state index contributed by atoms with van der Waals surface area (Å²) in [5.74, 6) is 3.68. The molecule has 5 nitrogen and oxygen atoms in total. The van der Waals surface area contributed by atoms with E-state index in [1.165, 1.54) is 0 Å². The van der Waals surface area contributed by atoms with E-state index in [2.05, 4.69) is 15.1 Å². The molecule has 0 spiro atoms. The van der Waals surface area contributed by atoms with Gasteiger partial charge in [-0.25, -0.2) is 0 Å². The van der Waals surface area contributed by atoms with E-state index in [0.29, 0.717) is 17.6 Å². The van der Waals surface area contributed by atoms with Crippen LogP contribution in [0.1, 0.15) is 19.2 Å². The number of aliphatic hydroxyl groups excluding tert-OH is 1. The highest BCUT2D eigenvalue weighted by molar-refractivity contribution is 7.99. The van der Waals surface area contributed by atoms with Gasteiger partial charge in [-0.2, -0.15) is 16.7 Å². The Morgan fingerprint density at radius 2 is 2.15 bits per heavy atom. The maximum atomic E-state index is 8.93. The van der Waals surface area contributed by atoms with Crippen LogP contribution in [-0.2, 0) is 6.42 Å². The van der Waals surface area contributed by atoms with Crippen molar-refractivity contribution in [1.82, 2.24) is 15.1 Å². The molecule has 0 radical (unpaired) electrons. The Labute approximate surface area is 122 Å². The molecule has 2 rings (SSSR count). The van der Waals surface area contributed by atoms with Crippen LogP contribution in [-0.4, -0.2) is 38.3 Å². The molecule has 20 heavy (non-hydrogen) atoms. The lowest BCUT2D eigenvalue weighted by Crippen LogP contribution is -2.04. The van der Waals surface area contributed by atoms with Gasteiger partial charge < -0.3 is 9.63 Å². The molecular weight excluding hydrogens is 274 g/mol. The normalized spacial score (nSPS) is 12.5. The minimum Gasteiger partial charge on any atom is -0.396 e. The maximum absolute atomic E-state index is 8.93. The quantitative estimate of drug-likeness (QED) is 0.754. The van der Waals surface area contributed by atoms with Crippen LogP contribution in [0.3, 0.4) is 0 Å². The fourth-order valence-corrected chi connectivity index (χ4v) is 2.66. The summed E-state index contributed by atoms with van der Waals surface area (Å²) in [4.78, 5) is 8.34. The van der Waals surface area contributed by atoms with Crippen LogP contribution in [0.5, 0.6) is 0 Å². The van der Waals surface area contributed by atoms with Crippen LogP contribution < -0.4 is 0 Å². The fourth-order valence-electron chi connectivity index (χ4n) is 1.64. The van der Waals surface area contributed by atoms with Crippen molar-refractivity contribution in [3.05, 3.63) is 30.4 Å². The van der Waals surface area contributed by atoms with Crippen LogP contribution >= 0.6 is 11.8 Å². The number of aliphatic hydroxyl groups is 1. The molecule has 0 fully saturated rings. The summed E-state index contributed by atoms with van der Waals surface area (Å²) < 4.78 is 5.24. The highest BCUT2D eigenvalue weighted by Gasteiger charge is 2.08. The third-order valence-electron chi connectivity index (χ3n) is 2.80. The first kappa shape index (κ1) is 15.0. The smallest absolute Gasteiger partial charge is 0.226 e.